The van der Waals surface area contributed by atoms with Crippen molar-refractivity contribution < 1.29 is 23.8 Å². The molecule has 3 unspecified atom stereocenters. The van der Waals surface area contributed by atoms with E-state index in [1.165, 1.54) is 37.4 Å². The minimum Gasteiger partial charge on any atom is -0.458 e. The second-order valence-electron chi connectivity index (χ2n) is 13.6. The van der Waals surface area contributed by atoms with Crippen molar-refractivity contribution in [1.82, 2.24) is 0 Å². The Morgan fingerprint density at radius 3 is 2.59 bits per heavy atom. The molecule has 0 aromatic heterocycles. The first-order valence-corrected chi connectivity index (χ1v) is 16.3. The van der Waals surface area contributed by atoms with Gasteiger partial charge in [0.2, 0.25) is 0 Å². The van der Waals surface area contributed by atoms with Gasteiger partial charge in [0.25, 0.3) is 0 Å². The van der Waals surface area contributed by atoms with E-state index < -0.39 is 29.0 Å². The first-order chi connectivity index (χ1) is 21.2. The number of aliphatic hydroxyl groups excluding tert-OH is 1. The van der Waals surface area contributed by atoms with E-state index in [4.69, 9.17) is 4.74 Å². The Bertz CT molecular complexity index is 1430. The summed E-state index contributed by atoms with van der Waals surface area (Å²) in [5.41, 5.74) is 3.48. The molecular formula is C36H43FN2O5. The second kappa shape index (κ2) is 12.2. The van der Waals surface area contributed by atoms with Crippen molar-refractivity contribution in [2.24, 2.45) is 27.8 Å². The number of alkyl halides is 1. The summed E-state index contributed by atoms with van der Waals surface area (Å²) < 4.78 is 21.3. The molecule has 1 aliphatic heterocycles. The quantitative estimate of drug-likeness (QED) is 0.237. The van der Waals surface area contributed by atoms with E-state index in [2.05, 4.69) is 53.1 Å². The van der Waals surface area contributed by atoms with Crippen LogP contribution in [0.4, 0.5) is 10.1 Å². The molecule has 1 aromatic carbocycles. The first kappa shape index (κ1) is 30.7. The fraction of sp³-hybridized carbons (Fsp3) is 0.611. The Labute approximate surface area is 259 Å². The molecule has 0 spiro atoms. The van der Waals surface area contributed by atoms with E-state index in [1.54, 1.807) is 6.08 Å². The van der Waals surface area contributed by atoms with E-state index >= 15 is 4.39 Å². The molecule has 1 N–H and O–H groups in total. The molecule has 1 aromatic rings. The van der Waals surface area contributed by atoms with Gasteiger partial charge in [-0.2, -0.15) is 4.91 Å². The van der Waals surface area contributed by atoms with Crippen molar-refractivity contribution in [2.45, 2.75) is 89.8 Å². The summed E-state index contributed by atoms with van der Waals surface area (Å²) in [5.74, 6) is 5.03. The van der Waals surface area contributed by atoms with Gasteiger partial charge in [0.05, 0.1) is 5.41 Å². The number of carbonyl (C=O) groups is 2. The first-order valence-electron chi connectivity index (χ1n) is 16.3. The summed E-state index contributed by atoms with van der Waals surface area (Å²) in [7, 11) is 0. The van der Waals surface area contributed by atoms with Crippen molar-refractivity contribution in [2.75, 3.05) is 31.2 Å². The Morgan fingerprint density at radius 2 is 1.91 bits per heavy atom. The van der Waals surface area contributed by atoms with Gasteiger partial charge in [0.15, 0.2) is 12.4 Å². The lowest BCUT2D eigenvalue weighted by Crippen LogP contribution is -2.52. The van der Waals surface area contributed by atoms with E-state index in [-0.39, 0.29) is 36.8 Å². The number of ketones is 1. The van der Waals surface area contributed by atoms with Gasteiger partial charge in [-0.25, -0.2) is 4.39 Å². The molecule has 6 rings (SSSR count). The predicted octanol–water partition coefficient (Wildman–Crippen LogP) is 6.20. The molecule has 2 saturated carbocycles. The zero-order valence-corrected chi connectivity index (χ0v) is 25.8. The third kappa shape index (κ3) is 5.11. The Morgan fingerprint density at radius 1 is 1.16 bits per heavy atom. The number of benzene rings is 1. The van der Waals surface area contributed by atoms with Crippen LogP contribution >= 0.6 is 0 Å². The maximum atomic E-state index is 16.1. The molecule has 0 radical (unpaired) electrons. The highest BCUT2D eigenvalue weighted by atomic mass is 19.1. The zero-order chi connectivity index (χ0) is 31.1. The van der Waals surface area contributed by atoms with Gasteiger partial charge >= 0.3 is 5.97 Å². The summed E-state index contributed by atoms with van der Waals surface area (Å²) in [4.78, 5) is 39.6. The number of hydrogen-bond donors (Lipinski definition) is 1. The molecule has 3 fully saturated rings. The number of halogens is 1. The number of nitroso groups, excluding NO2 is 1. The van der Waals surface area contributed by atoms with Crippen LogP contribution in [-0.2, 0) is 14.3 Å². The fourth-order valence-electron chi connectivity index (χ4n) is 9.44. The number of rotatable bonds is 6. The lowest BCUT2D eigenvalue weighted by molar-refractivity contribution is -0.150. The molecule has 44 heavy (non-hydrogen) atoms. The van der Waals surface area contributed by atoms with Gasteiger partial charge in [-0.15, -0.1) is 0 Å². The van der Waals surface area contributed by atoms with Crippen LogP contribution in [-0.4, -0.2) is 55.4 Å². The summed E-state index contributed by atoms with van der Waals surface area (Å²) in [6.45, 7) is 4.75. The van der Waals surface area contributed by atoms with Crippen LogP contribution in [0.1, 0.15) is 83.1 Å². The normalized spacial score (nSPS) is 34.5. The summed E-state index contributed by atoms with van der Waals surface area (Å²) >= 11 is 0. The number of hydrogen-bond acceptors (Lipinski definition) is 7. The number of esters is 1. The van der Waals surface area contributed by atoms with Crippen LogP contribution in [0.15, 0.2) is 52.2 Å². The highest BCUT2D eigenvalue weighted by molar-refractivity contribution is 5.91. The smallest absolute Gasteiger partial charge is 0.303 e. The van der Waals surface area contributed by atoms with E-state index in [1.807, 2.05) is 0 Å². The van der Waals surface area contributed by atoms with Crippen LogP contribution in [0.2, 0.25) is 0 Å². The SMILES string of the molecule is CC(=O)OCC(=O)[C@@]1(C#CCO)CC[C@H]2[C@@H]3CC(F)C4=CC(N=O)CCC4=C3C(c3ccc(N4CCCCC4)cc3)C[C@@]21C. The number of anilines is 1. The lowest BCUT2D eigenvalue weighted by atomic mass is 9.48. The molecule has 7 atom stereocenters. The molecule has 1 saturated heterocycles. The maximum Gasteiger partial charge on any atom is 0.303 e. The van der Waals surface area contributed by atoms with Crippen molar-refractivity contribution in [3.8, 4) is 11.8 Å². The number of fused-ring (bicyclic) bond motifs is 4. The van der Waals surface area contributed by atoms with E-state index in [9.17, 15) is 19.6 Å². The summed E-state index contributed by atoms with van der Waals surface area (Å²) in [6.07, 6.45) is 7.45. The van der Waals surface area contributed by atoms with Gasteiger partial charge in [-0.05, 0) is 104 Å². The highest BCUT2D eigenvalue weighted by Gasteiger charge is 2.66. The van der Waals surface area contributed by atoms with Gasteiger partial charge in [0.1, 0.15) is 18.8 Å². The second-order valence-corrected chi connectivity index (χ2v) is 13.6. The Hall–Kier alpha value is -3.31. The largest absolute Gasteiger partial charge is 0.458 e. The monoisotopic (exact) mass is 602 g/mol. The highest BCUT2D eigenvalue weighted by Crippen LogP contribution is 2.70. The molecule has 7 nitrogen and oxygen atoms in total. The van der Waals surface area contributed by atoms with Crippen LogP contribution in [0.25, 0.3) is 0 Å². The van der Waals surface area contributed by atoms with Gasteiger partial charge < -0.3 is 14.7 Å². The van der Waals surface area contributed by atoms with Gasteiger partial charge in [0, 0.05) is 31.6 Å². The average Bonchev–Trinajstić information content (AvgIpc) is 3.35. The van der Waals surface area contributed by atoms with Crippen LogP contribution in [0, 0.1) is 39.4 Å². The maximum absolute atomic E-state index is 16.1. The van der Waals surface area contributed by atoms with Crippen molar-refractivity contribution >= 4 is 17.4 Å². The molecular weight excluding hydrogens is 559 g/mol. The molecule has 234 valence electrons. The minimum atomic E-state index is -1.21. The minimum absolute atomic E-state index is 0.00939. The lowest BCUT2D eigenvalue weighted by Gasteiger charge is -2.55. The number of allylic oxidation sites excluding steroid dienone is 3. The third-order valence-electron chi connectivity index (χ3n) is 11.5. The van der Waals surface area contributed by atoms with Gasteiger partial charge in [-0.1, -0.05) is 47.7 Å². The topological polar surface area (TPSA) is 96.3 Å². The Kier molecular flexibility index (Phi) is 8.54. The third-order valence-corrected chi connectivity index (χ3v) is 11.5. The molecule has 0 amide bonds. The fourth-order valence-corrected chi connectivity index (χ4v) is 9.44. The summed E-state index contributed by atoms with van der Waals surface area (Å²) in [5, 5.41) is 13.0. The molecule has 5 aliphatic rings. The average molecular weight is 603 g/mol. The van der Waals surface area contributed by atoms with E-state index in [0.29, 0.717) is 44.1 Å². The van der Waals surface area contributed by atoms with Crippen molar-refractivity contribution in [3.05, 3.63) is 57.5 Å². The van der Waals surface area contributed by atoms with E-state index in [0.717, 1.165) is 24.2 Å². The van der Waals surface area contributed by atoms with Crippen LogP contribution in [0.3, 0.4) is 0 Å². The number of nitrogens with zero attached hydrogens (tertiary/aromatic N) is 2. The summed E-state index contributed by atoms with van der Waals surface area (Å²) in [6, 6.07) is 8.28. The molecule has 1 heterocycles. The standard InChI is InChI=1S/C36H43FN2O5/c1-23(41)44-22-33(42)36(14-6-18-40)15-13-31-29-20-32(37)28-19-25(38-43)9-12-27(28)34(29)30(21-35(31,36)2)24-7-10-26(11-8-24)39-16-4-3-5-17-39/h7-8,10-11,19,25,29-32,40H,3-5,9,12-13,15-18,20-22H2,1-2H3/t25?,29-,30?,31-,32?,35-,36+/m0/s1. The Balaban J connectivity index is 1.47. The van der Waals surface area contributed by atoms with Crippen LogP contribution in [0.5, 0.6) is 0 Å². The number of aliphatic hydroxyl groups is 1. The van der Waals surface area contributed by atoms with Gasteiger partial charge in [-0.3, -0.25) is 9.59 Å². The van der Waals surface area contributed by atoms with Crippen LogP contribution < -0.4 is 4.90 Å². The molecule has 0 bridgehead atoms. The zero-order valence-electron chi connectivity index (χ0n) is 25.8. The molecule has 8 heteroatoms. The van der Waals surface area contributed by atoms with Crippen molar-refractivity contribution in [1.29, 1.82) is 0 Å². The number of carbonyl (C=O) groups excluding carboxylic acids is 2. The number of piperidine rings is 1. The molecule has 4 aliphatic carbocycles. The number of ether oxygens (including phenoxy) is 1. The predicted molar refractivity (Wildman–Crippen MR) is 167 cm³/mol. The number of Topliss-reactive ketones (excluding diaryl/α,β-unsaturated/α-hetero) is 1. The van der Waals surface area contributed by atoms with Crippen molar-refractivity contribution in [3.63, 3.8) is 0 Å².